The van der Waals surface area contributed by atoms with Crippen molar-refractivity contribution in [1.29, 1.82) is 0 Å². The molecule has 0 fully saturated rings. The Bertz CT molecular complexity index is 453. The van der Waals surface area contributed by atoms with Gasteiger partial charge in [-0.15, -0.1) is 0 Å². The molecule has 0 spiro atoms. The molecule has 22 heavy (non-hydrogen) atoms. The van der Waals surface area contributed by atoms with Crippen LogP contribution < -0.4 is 15.4 Å². The minimum atomic E-state index is -0.838. The first-order valence-electron chi connectivity index (χ1n) is 7.53. The Hall–Kier alpha value is -1.82. The van der Waals surface area contributed by atoms with E-state index in [4.69, 9.17) is 4.74 Å². The Morgan fingerprint density at radius 3 is 2.55 bits per heavy atom. The van der Waals surface area contributed by atoms with Crippen LogP contribution >= 0.6 is 0 Å². The minimum Gasteiger partial charge on any atom is -0.491 e. The molecule has 0 aliphatic carbocycles. The number of aliphatic hydroxyl groups excluding tert-OH is 1. The van der Waals surface area contributed by atoms with Crippen LogP contribution in [0.15, 0.2) is 24.3 Å². The molecule has 3 N–H and O–H groups in total. The van der Waals surface area contributed by atoms with E-state index in [-0.39, 0.29) is 31.0 Å². The van der Waals surface area contributed by atoms with Crippen molar-refractivity contribution < 1.29 is 19.0 Å². The molecule has 0 saturated carbocycles. The van der Waals surface area contributed by atoms with Crippen LogP contribution in [-0.4, -0.2) is 36.4 Å². The summed E-state index contributed by atoms with van der Waals surface area (Å²) in [4.78, 5) is 11.7. The molecule has 6 heteroatoms. The molecule has 0 saturated heterocycles. The number of hydrogen-bond donors (Lipinski definition) is 3. The molecule has 1 rings (SSSR count). The second kappa shape index (κ2) is 9.25. The third-order valence-electron chi connectivity index (χ3n) is 3.61. The zero-order valence-corrected chi connectivity index (χ0v) is 13.3. The Morgan fingerprint density at radius 1 is 1.32 bits per heavy atom. The molecule has 0 aliphatic heterocycles. The molecule has 0 aromatic heterocycles. The van der Waals surface area contributed by atoms with Gasteiger partial charge in [-0.3, -0.25) is 0 Å². The highest BCUT2D eigenvalue weighted by Crippen LogP contribution is 2.11. The maximum Gasteiger partial charge on any atom is 0.315 e. The number of carbonyl (C=O) groups excluding carboxylic acids is 1. The molecule has 0 radical (unpaired) electrons. The van der Waals surface area contributed by atoms with E-state index in [1.165, 1.54) is 24.3 Å². The highest BCUT2D eigenvalue weighted by atomic mass is 19.1. The second-order valence-corrected chi connectivity index (χ2v) is 5.45. The van der Waals surface area contributed by atoms with Gasteiger partial charge in [0.2, 0.25) is 0 Å². The summed E-state index contributed by atoms with van der Waals surface area (Å²) in [5, 5.41) is 15.2. The van der Waals surface area contributed by atoms with Crippen LogP contribution in [0.25, 0.3) is 0 Å². The molecule has 3 unspecified atom stereocenters. The maximum absolute atomic E-state index is 12.7. The topological polar surface area (TPSA) is 70.6 Å². The van der Waals surface area contributed by atoms with Gasteiger partial charge in [0.05, 0.1) is 0 Å². The highest BCUT2D eigenvalue weighted by Gasteiger charge is 2.14. The number of nitrogens with one attached hydrogen (secondary N) is 2. The number of amides is 2. The van der Waals surface area contributed by atoms with Gasteiger partial charge >= 0.3 is 6.03 Å². The summed E-state index contributed by atoms with van der Waals surface area (Å²) in [5.41, 5.74) is 0. The highest BCUT2D eigenvalue weighted by molar-refractivity contribution is 5.74. The molecule has 0 aliphatic rings. The summed E-state index contributed by atoms with van der Waals surface area (Å²) < 4.78 is 18.0. The van der Waals surface area contributed by atoms with E-state index in [0.717, 1.165) is 6.42 Å². The van der Waals surface area contributed by atoms with Gasteiger partial charge in [-0.2, -0.15) is 0 Å². The average Bonchev–Trinajstić information content (AvgIpc) is 2.51. The van der Waals surface area contributed by atoms with Gasteiger partial charge in [0.1, 0.15) is 24.3 Å². The SMILES string of the molecule is CCC(C)C(C)NC(=O)NCC(O)COc1ccc(F)cc1. The molecule has 5 nitrogen and oxygen atoms in total. The third-order valence-corrected chi connectivity index (χ3v) is 3.61. The van der Waals surface area contributed by atoms with Crippen molar-refractivity contribution in [3.63, 3.8) is 0 Å². The number of carbonyl (C=O) groups is 1. The van der Waals surface area contributed by atoms with Crippen molar-refractivity contribution >= 4 is 6.03 Å². The Morgan fingerprint density at radius 2 is 1.95 bits per heavy atom. The summed E-state index contributed by atoms with van der Waals surface area (Å²) in [6.45, 7) is 6.18. The van der Waals surface area contributed by atoms with Crippen LogP contribution in [0.3, 0.4) is 0 Å². The van der Waals surface area contributed by atoms with E-state index in [9.17, 15) is 14.3 Å². The normalized spacial score (nSPS) is 14.8. The lowest BCUT2D eigenvalue weighted by Gasteiger charge is -2.20. The first-order chi connectivity index (χ1) is 10.4. The lowest BCUT2D eigenvalue weighted by Crippen LogP contribution is -2.46. The Labute approximate surface area is 130 Å². The van der Waals surface area contributed by atoms with Gasteiger partial charge in [0.25, 0.3) is 0 Å². The van der Waals surface area contributed by atoms with Gasteiger partial charge in [0.15, 0.2) is 0 Å². The smallest absolute Gasteiger partial charge is 0.315 e. The zero-order valence-electron chi connectivity index (χ0n) is 13.3. The Kier molecular flexibility index (Phi) is 7.66. The molecule has 1 aromatic rings. The number of hydrogen-bond acceptors (Lipinski definition) is 3. The van der Waals surface area contributed by atoms with Crippen molar-refractivity contribution in [2.24, 2.45) is 5.92 Å². The van der Waals surface area contributed by atoms with E-state index in [2.05, 4.69) is 24.5 Å². The first kappa shape index (κ1) is 18.2. The number of halogens is 1. The van der Waals surface area contributed by atoms with Gasteiger partial charge in [-0.25, -0.2) is 9.18 Å². The lowest BCUT2D eigenvalue weighted by atomic mass is 10.0. The second-order valence-electron chi connectivity index (χ2n) is 5.45. The summed E-state index contributed by atoms with van der Waals surface area (Å²) in [7, 11) is 0. The number of benzene rings is 1. The van der Waals surface area contributed by atoms with Gasteiger partial charge in [-0.1, -0.05) is 20.3 Å². The molecule has 0 bridgehead atoms. The van der Waals surface area contributed by atoms with Gasteiger partial charge in [0, 0.05) is 12.6 Å². The van der Waals surface area contributed by atoms with E-state index in [0.29, 0.717) is 11.7 Å². The molecule has 2 amide bonds. The number of rotatable bonds is 8. The molecular weight excluding hydrogens is 287 g/mol. The summed E-state index contributed by atoms with van der Waals surface area (Å²) in [6, 6.07) is 5.28. The van der Waals surface area contributed by atoms with Crippen molar-refractivity contribution in [1.82, 2.24) is 10.6 Å². The zero-order chi connectivity index (χ0) is 16.5. The molecule has 0 heterocycles. The lowest BCUT2D eigenvalue weighted by molar-refractivity contribution is 0.107. The quantitative estimate of drug-likeness (QED) is 0.690. The summed E-state index contributed by atoms with van der Waals surface area (Å²) in [6.07, 6.45) is 0.143. The number of aliphatic hydroxyl groups is 1. The number of urea groups is 1. The predicted molar refractivity (Wildman–Crippen MR) is 83.4 cm³/mol. The predicted octanol–water partition coefficient (Wildman–Crippen LogP) is 2.30. The van der Waals surface area contributed by atoms with Crippen LogP contribution in [0.4, 0.5) is 9.18 Å². The van der Waals surface area contributed by atoms with E-state index >= 15 is 0 Å². The van der Waals surface area contributed by atoms with E-state index in [1.807, 2.05) is 6.92 Å². The fourth-order valence-corrected chi connectivity index (χ4v) is 1.75. The van der Waals surface area contributed by atoms with E-state index in [1.54, 1.807) is 0 Å². The van der Waals surface area contributed by atoms with Crippen LogP contribution in [0, 0.1) is 11.7 Å². The van der Waals surface area contributed by atoms with Gasteiger partial charge < -0.3 is 20.5 Å². The van der Waals surface area contributed by atoms with Crippen molar-refractivity contribution in [2.45, 2.75) is 39.3 Å². The van der Waals surface area contributed by atoms with Crippen LogP contribution in [0.2, 0.25) is 0 Å². The summed E-state index contributed by atoms with van der Waals surface area (Å²) >= 11 is 0. The minimum absolute atomic E-state index is 0.0207. The molecule has 124 valence electrons. The first-order valence-corrected chi connectivity index (χ1v) is 7.53. The fourth-order valence-electron chi connectivity index (χ4n) is 1.75. The third kappa shape index (κ3) is 6.76. The molecular formula is C16H25FN2O3. The van der Waals surface area contributed by atoms with Crippen LogP contribution in [0.1, 0.15) is 27.2 Å². The monoisotopic (exact) mass is 312 g/mol. The average molecular weight is 312 g/mol. The number of ether oxygens (including phenoxy) is 1. The molecule has 3 atom stereocenters. The van der Waals surface area contributed by atoms with Crippen LogP contribution in [-0.2, 0) is 0 Å². The van der Waals surface area contributed by atoms with Crippen molar-refractivity contribution in [2.75, 3.05) is 13.2 Å². The molecule has 1 aromatic carbocycles. The standard InChI is InChI=1S/C16H25FN2O3/c1-4-11(2)12(3)19-16(21)18-9-14(20)10-22-15-7-5-13(17)6-8-15/h5-8,11-12,14,20H,4,9-10H2,1-3H3,(H2,18,19,21). The van der Waals surface area contributed by atoms with E-state index < -0.39 is 6.10 Å². The van der Waals surface area contributed by atoms with Crippen molar-refractivity contribution in [3.05, 3.63) is 30.1 Å². The largest absolute Gasteiger partial charge is 0.491 e. The Balaban J connectivity index is 2.23. The van der Waals surface area contributed by atoms with Crippen molar-refractivity contribution in [3.8, 4) is 5.75 Å². The maximum atomic E-state index is 12.7. The van der Waals surface area contributed by atoms with Crippen LogP contribution in [0.5, 0.6) is 5.75 Å². The fraction of sp³-hybridized carbons (Fsp3) is 0.562. The van der Waals surface area contributed by atoms with Gasteiger partial charge in [-0.05, 0) is 37.1 Å². The summed E-state index contributed by atoms with van der Waals surface area (Å²) in [5.74, 6) is 0.509.